The second kappa shape index (κ2) is 10.5. The summed E-state index contributed by atoms with van der Waals surface area (Å²) in [5.41, 5.74) is 0.745. The summed E-state index contributed by atoms with van der Waals surface area (Å²) in [6.45, 7) is 5.90. The van der Waals surface area contributed by atoms with E-state index in [4.69, 9.17) is 4.74 Å². The third-order valence-electron chi connectivity index (χ3n) is 3.74. The van der Waals surface area contributed by atoms with Crippen LogP contribution in [0.4, 0.5) is 0 Å². The first-order chi connectivity index (χ1) is 10.5. The molecule has 0 bridgehead atoms. The molecule has 0 saturated heterocycles. The van der Waals surface area contributed by atoms with E-state index in [1.165, 1.54) is 0 Å². The zero-order valence-electron chi connectivity index (χ0n) is 14.1. The summed E-state index contributed by atoms with van der Waals surface area (Å²) in [5, 5.41) is 9.46. The Bertz CT molecular complexity index is 414. The van der Waals surface area contributed by atoms with E-state index >= 15 is 0 Å². The van der Waals surface area contributed by atoms with Gasteiger partial charge in [-0.3, -0.25) is 4.79 Å². The molecule has 3 heteroatoms. The molecular formula is C19H30O3. The van der Waals surface area contributed by atoms with Crippen LogP contribution in [-0.2, 0) is 4.74 Å². The molecule has 3 nitrogen and oxygen atoms in total. The van der Waals surface area contributed by atoms with Crippen molar-refractivity contribution < 1.29 is 14.6 Å². The van der Waals surface area contributed by atoms with Crippen molar-refractivity contribution in [3.05, 3.63) is 35.9 Å². The Kier molecular flexibility index (Phi) is 9.02. The maximum Gasteiger partial charge on any atom is 0.165 e. The highest BCUT2D eigenvalue weighted by Crippen LogP contribution is 2.17. The van der Waals surface area contributed by atoms with Crippen LogP contribution < -0.4 is 0 Å². The first-order valence-corrected chi connectivity index (χ1v) is 8.44. The number of ether oxygens (including phenoxy) is 1. The lowest BCUT2D eigenvalue weighted by Crippen LogP contribution is -2.25. The van der Waals surface area contributed by atoms with Gasteiger partial charge < -0.3 is 9.84 Å². The summed E-state index contributed by atoms with van der Waals surface area (Å²) in [5.74, 6) is 0.131. The lowest BCUT2D eigenvalue weighted by molar-refractivity contribution is -0.0286. The van der Waals surface area contributed by atoms with Crippen molar-refractivity contribution in [1.82, 2.24) is 0 Å². The molecule has 1 rings (SSSR count). The molecule has 3 unspecified atom stereocenters. The van der Waals surface area contributed by atoms with Gasteiger partial charge in [-0.25, -0.2) is 0 Å². The van der Waals surface area contributed by atoms with Crippen LogP contribution in [0.25, 0.3) is 0 Å². The first kappa shape index (κ1) is 18.9. The number of ketones is 1. The molecule has 0 radical (unpaired) electrons. The molecule has 0 amide bonds. The zero-order chi connectivity index (χ0) is 16.4. The van der Waals surface area contributed by atoms with E-state index in [9.17, 15) is 9.90 Å². The Balaban J connectivity index is 2.58. The van der Waals surface area contributed by atoms with Gasteiger partial charge in [0.15, 0.2) is 5.78 Å². The van der Waals surface area contributed by atoms with E-state index in [1.54, 1.807) is 6.92 Å². The van der Waals surface area contributed by atoms with Crippen LogP contribution in [-0.4, -0.2) is 29.2 Å². The second-order valence-corrected chi connectivity index (χ2v) is 6.14. The normalized spacial score (nSPS) is 15.3. The third kappa shape index (κ3) is 7.71. The van der Waals surface area contributed by atoms with Crippen molar-refractivity contribution in [3.8, 4) is 0 Å². The van der Waals surface area contributed by atoms with Crippen LogP contribution in [0.5, 0.6) is 0 Å². The lowest BCUT2D eigenvalue weighted by Gasteiger charge is -2.23. The minimum atomic E-state index is -0.379. The molecule has 0 aliphatic carbocycles. The van der Waals surface area contributed by atoms with Crippen LogP contribution in [0.15, 0.2) is 30.3 Å². The van der Waals surface area contributed by atoms with Gasteiger partial charge in [0, 0.05) is 12.0 Å². The Labute approximate surface area is 134 Å². The number of aliphatic hydroxyl groups excluding tert-OH is 1. The maximum absolute atomic E-state index is 12.4. The SMILES string of the molecule is CCCCCC(CC(=O)c1ccccc1)OC(C)CC(C)O. The van der Waals surface area contributed by atoms with E-state index in [0.29, 0.717) is 12.8 Å². The Morgan fingerprint density at radius 2 is 1.86 bits per heavy atom. The van der Waals surface area contributed by atoms with Crippen molar-refractivity contribution >= 4 is 5.78 Å². The number of unbranched alkanes of at least 4 members (excludes halogenated alkanes) is 2. The van der Waals surface area contributed by atoms with Crippen molar-refractivity contribution in [2.24, 2.45) is 0 Å². The highest BCUT2D eigenvalue weighted by molar-refractivity contribution is 5.96. The standard InChI is InChI=1S/C19H30O3/c1-4-5-7-12-18(22-16(3)13-15(2)20)14-19(21)17-10-8-6-9-11-17/h6,8-11,15-16,18,20H,4-5,7,12-14H2,1-3H3. The molecule has 1 aromatic rings. The van der Waals surface area contributed by atoms with E-state index in [1.807, 2.05) is 37.3 Å². The van der Waals surface area contributed by atoms with Gasteiger partial charge in [0.25, 0.3) is 0 Å². The summed E-state index contributed by atoms with van der Waals surface area (Å²) >= 11 is 0. The van der Waals surface area contributed by atoms with Gasteiger partial charge in [-0.1, -0.05) is 56.5 Å². The number of aliphatic hydroxyl groups is 1. The summed E-state index contributed by atoms with van der Waals surface area (Å²) in [4.78, 5) is 12.4. The lowest BCUT2D eigenvalue weighted by atomic mass is 10.0. The molecule has 0 aliphatic rings. The molecule has 0 aromatic heterocycles. The predicted octanol–water partition coefficient (Wildman–Crippen LogP) is 4.38. The fourth-order valence-corrected chi connectivity index (χ4v) is 2.65. The number of hydrogen-bond donors (Lipinski definition) is 1. The average Bonchev–Trinajstić information content (AvgIpc) is 2.47. The largest absolute Gasteiger partial charge is 0.393 e. The number of carbonyl (C=O) groups excluding carboxylic acids is 1. The fourth-order valence-electron chi connectivity index (χ4n) is 2.65. The van der Waals surface area contributed by atoms with Crippen LogP contribution in [0.2, 0.25) is 0 Å². The predicted molar refractivity (Wildman–Crippen MR) is 90.2 cm³/mol. The van der Waals surface area contributed by atoms with Crippen molar-refractivity contribution in [3.63, 3.8) is 0 Å². The molecule has 22 heavy (non-hydrogen) atoms. The zero-order valence-corrected chi connectivity index (χ0v) is 14.1. The molecule has 0 fully saturated rings. The number of carbonyl (C=O) groups is 1. The summed E-state index contributed by atoms with van der Waals surface area (Å²) in [6.07, 6.45) is 4.83. The van der Waals surface area contributed by atoms with Crippen molar-refractivity contribution in [2.75, 3.05) is 0 Å². The molecule has 3 atom stereocenters. The quantitative estimate of drug-likeness (QED) is 0.487. The van der Waals surface area contributed by atoms with Crippen molar-refractivity contribution in [2.45, 2.75) is 77.6 Å². The molecule has 0 aliphatic heterocycles. The molecule has 1 N–H and O–H groups in total. The van der Waals surface area contributed by atoms with Gasteiger partial charge in [0.05, 0.1) is 18.3 Å². The molecular weight excluding hydrogens is 276 g/mol. The van der Waals surface area contributed by atoms with Crippen LogP contribution in [0.1, 0.15) is 69.7 Å². The van der Waals surface area contributed by atoms with Gasteiger partial charge in [-0.2, -0.15) is 0 Å². The van der Waals surface area contributed by atoms with E-state index < -0.39 is 0 Å². The number of Topliss-reactive ketones (excluding diaryl/α,β-unsaturated/α-hetero) is 1. The van der Waals surface area contributed by atoms with Crippen LogP contribution >= 0.6 is 0 Å². The highest BCUT2D eigenvalue weighted by Gasteiger charge is 2.19. The number of hydrogen-bond acceptors (Lipinski definition) is 3. The fraction of sp³-hybridized carbons (Fsp3) is 0.632. The molecule has 0 heterocycles. The van der Waals surface area contributed by atoms with Gasteiger partial charge in [0.1, 0.15) is 0 Å². The van der Waals surface area contributed by atoms with Gasteiger partial charge in [-0.15, -0.1) is 0 Å². The molecule has 1 aromatic carbocycles. The van der Waals surface area contributed by atoms with Crippen LogP contribution in [0.3, 0.4) is 0 Å². The Hall–Kier alpha value is -1.19. The number of benzene rings is 1. The molecule has 0 saturated carbocycles. The molecule has 124 valence electrons. The second-order valence-electron chi connectivity index (χ2n) is 6.14. The van der Waals surface area contributed by atoms with Gasteiger partial charge in [0.2, 0.25) is 0 Å². The average molecular weight is 306 g/mol. The van der Waals surface area contributed by atoms with E-state index in [0.717, 1.165) is 31.2 Å². The first-order valence-electron chi connectivity index (χ1n) is 8.44. The monoisotopic (exact) mass is 306 g/mol. The smallest absolute Gasteiger partial charge is 0.165 e. The van der Waals surface area contributed by atoms with Gasteiger partial charge >= 0.3 is 0 Å². The summed E-state index contributed by atoms with van der Waals surface area (Å²) in [7, 11) is 0. The topological polar surface area (TPSA) is 46.5 Å². The minimum absolute atomic E-state index is 0.0322. The Morgan fingerprint density at radius 1 is 1.18 bits per heavy atom. The minimum Gasteiger partial charge on any atom is -0.393 e. The highest BCUT2D eigenvalue weighted by atomic mass is 16.5. The Morgan fingerprint density at radius 3 is 2.45 bits per heavy atom. The molecule has 0 spiro atoms. The van der Waals surface area contributed by atoms with Crippen molar-refractivity contribution in [1.29, 1.82) is 0 Å². The number of rotatable bonds is 11. The summed E-state index contributed by atoms with van der Waals surface area (Å²) in [6, 6.07) is 9.39. The van der Waals surface area contributed by atoms with Gasteiger partial charge in [-0.05, 0) is 26.7 Å². The van der Waals surface area contributed by atoms with E-state index in [-0.39, 0.29) is 24.1 Å². The summed E-state index contributed by atoms with van der Waals surface area (Å²) < 4.78 is 6.02. The van der Waals surface area contributed by atoms with Crippen LogP contribution in [0, 0.1) is 0 Å². The van der Waals surface area contributed by atoms with E-state index in [2.05, 4.69) is 6.92 Å². The third-order valence-corrected chi connectivity index (χ3v) is 3.74. The maximum atomic E-state index is 12.4.